The number of hydrogen-bond acceptors (Lipinski definition) is 3. The van der Waals surface area contributed by atoms with E-state index in [-0.39, 0.29) is 11.9 Å². The van der Waals surface area contributed by atoms with Gasteiger partial charge in [-0.1, -0.05) is 0 Å². The van der Waals surface area contributed by atoms with E-state index in [1.54, 1.807) is 13.8 Å². The number of carbonyl (C=O) groups excluding carboxylic acids is 1. The Morgan fingerprint density at radius 2 is 2.25 bits per heavy atom. The second-order valence-electron chi connectivity index (χ2n) is 2.65. The number of hydrogen-bond donors (Lipinski definition) is 1. The monoisotopic (exact) mass is 170 g/mol. The molecule has 0 spiro atoms. The quantitative estimate of drug-likeness (QED) is 0.666. The van der Waals surface area contributed by atoms with Gasteiger partial charge in [-0.05, 0) is 13.8 Å². The molecular weight excluding hydrogens is 156 g/mol. The van der Waals surface area contributed by atoms with E-state index in [9.17, 15) is 4.79 Å². The summed E-state index contributed by atoms with van der Waals surface area (Å²) in [7, 11) is 1.47. The van der Waals surface area contributed by atoms with Gasteiger partial charge in [-0.2, -0.15) is 5.26 Å². The topological polar surface area (TPSA) is 62.1 Å². The van der Waals surface area contributed by atoms with Crippen LogP contribution in [0.1, 0.15) is 20.3 Å². The van der Waals surface area contributed by atoms with Gasteiger partial charge in [-0.25, -0.2) is 0 Å². The fourth-order valence-corrected chi connectivity index (χ4v) is 0.655. The molecule has 1 N–H and O–H groups in total. The molecule has 0 radical (unpaired) electrons. The molecule has 12 heavy (non-hydrogen) atoms. The van der Waals surface area contributed by atoms with E-state index >= 15 is 0 Å². The number of nitriles is 1. The molecule has 0 aliphatic heterocycles. The van der Waals surface area contributed by atoms with E-state index in [2.05, 4.69) is 5.32 Å². The van der Waals surface area contributed by atoms with E-state index in [0.29, 0.717) is 6.42 Å². The summed E-state index contributed by atoms with van der Waals surface area (Å²) in [6.45, 7) is 3.44. The Labute approximate surface area is 72.5 Å². The van der Waals surface area contributed by atoms with Gasteiger partial charge >= 0.3 is 0 Å². The normalized spacial score (nSPS) is 14.5. The summed E-state index contributed by atoms with van der Waals surface area (Å²) < 4.78 is 4.80. The molecule has 1 amide bonds. The van der Waals surface area contributed by atoms with Gasteiger partial charge in [0.2, 0.25) is 5.91 Å². The zero-order valence-corrected chi connectivity index (χ0v) is 7.63. The lowest BCUT2D eigenvalue weighted by Crippen LogP contribution is -2.39. The summed E-state index contributed by atoms with van der Waals surface area (Å²) in [6.07, 6.45) is -0.131. The number of nitrogens with zero attached hydrogens (tertiary/aromatic N) is 1. The van der Waals surface area contributed by atoms with Crippen LogP contribution in [0.3, 0.4) is 0 Å². The van der Waals surface area contributed by atoms with Crippen LogP contribution in [0, 0.1) is 11.3 Å². The first-order chi connectivity index (χ1) is 5.61. The molecule has 0 saturated carbocycles. The van der Waals surface area contributed by atoms with Gasteiger partial charge in [-0.3, -0.25) is 4.79 Å². The van der Waals surface area contributed by atoms with Crippen molar-refractivity contribution >= 4 is 5.91 Å². The standard InChI is InChI=1S/C8H14N2O2/c1-6(4-5-9)10-8(11)7(2)12-3/h6-7H,4H2,1-3H3,(H,10,11). The average molecular weight is 170 g/mol. The Kier molecular flexibility index (Phi) is 5.06. The summed E-state index contributed by atoms with van der Waals surface area (Å²) in [4.78, 5) is 11.1. The highest BCUT2D eigenvalue weighted by molar-refractivity contribution is 5.80. The molecule has 0 aromatic rings. The fraction of sp³-hybridized carbons (Fsp3) is 0.750. The first kappa shape index (κ1) is 10.9. The van der Waals surface area contributed by atoms with Crippen LogP contribution in [0.4, 0.5) is 0 Å². The van der Waals surface area contributed by atoms with E-state index in [1.807, 2.05) is 6.07 Å². The minimum atomic E-state index is -0.453. The highest BCUT2D eigenvalue weighted by atomic mass is 16.5. The Morgan fingerprint density at radius 3 is 2.67 bits per heavy atom. The molecule has 2 atom stereocenters. The number of ether oxygens (including phenoxy) is 1. The zero-order chi connectivity index (χ0) is 9.56. The van der Waals surface area contributed by atoms with Crippen LogP contribution >= 0.6 is 0 Å². The van der Waals surface area contributed by atoms with Crippen molar-refractivity contribution in [2.75, 3.05) is 7.11 Å². The summed E-state index contributed by atoms with van der Waals surface area (Å²) in [5, 5.41) is 11.0. The number of nitrogens with one attached hydrogen (secondary N) is 1. The predicted molar refractivity (Wildman–Crippen MR) is 44.3 cm³/mol. The Balaban J connectivity index is 3.77. The van der Waals surface area contributed by atoms with Gasteiger partial charge < -0.3 is 10.1 Å². The van der Waals surface area contributed by atoms with Crippen LogP contribution in [0.5, 0.6) is 0 Å². The number of methoxy groups -OCH3 is 1. The van der Waals surface area contributed by atoms with Gasteiger partial charge in [0.1, 0.15) is 6.10 Å². The molecule has 4 heteroatoms. The van der Waals surface area contributed by atoms with E-state index in [0.717, 1.165) is 0 Å². The maximum Gasteiger partial charge on any atom is 0.249 e. The summed E-state index contributed by atoms with van der Waals surface area (Å²) in [5.41, 5.74) is 0. The first-order valence-electron chi connectivity index (χ1n) is 3.82. The summed E-state index contributed by atoms with van der Waals surface area (Å²) in [6, 6.07) is 1.86. The fourth-order valence-electron chi connectivity index (χ4n) is 0.655. The molecule has 0 rings (SSSR count). The SMILES string of the molecule is COC(C)C(=O)NC(C)CC#N. The molecule has 0 fully saturated rings. The molecular formula is C8H14N2O2. The highest BCUT2D eigenvalue weighted by Crippen LogP contribution is 1.92. The molecule has 0 heterocycles. The van der Waals surface area contributed by atoms with Crippen molar-refractivity contribution in [1.82, 2.24) is 5.32 Å². The van der Waals surface area contributed by atoms with Gasteiger partial charge in [0, 0.05) is 13.2 Å². The smallest absolute Gasteiger partial charge is 0.249 e. The maximum absolute atomic E-state index is 11.1. The molecule has 68 valence electrons. The third-order valence-electron chi connectivity index (χ3n) is 1.51. The van der Waals surface area contributed by atoms with Gasteiger partial charge in [0.25, 0.3) is 0 Å². The van der Waals surface area contributed by atoms with Crippen molar-refractivity contribution < 1.29 is 9.53 Å². The molecule has 0 aromatic heterocycles. The van der Waals surface area contributed by atoms with Crippen LogP contribution in [-0.4, -0.2) is 25.2 Å². The molecule has 0 aliphatic rings. The highest BCUT2D eigenvalue weighted by Gasteiger charge is 2.13. The number of amides is 1. The Morgan fingerprint density at radius 1 is 1.67 bits per heavy atom. The number of rotatable bonds is 4. The largest absolute Gasteiger partial charge is 0.372 e. The second-order valence-corrected chi connectivity index (χ2v) is 2.65. The minimum absolute atomic E-state index is 0.111. The first-order valence-corrected chi connectivity index (χ1v) is 3.82. The van der Waals surface area contributed by atoms with Gasteiger partial charge in [0.15, 0.2) is 0 Å². The Bertz CT molecular complexity index is 186. The molecule has 2 unspecified atom stereocenters. The van der Waals surface area contributed by atoms with Crippen molar-refractivity contribution in [2.24, 2.45) is 0 Å². The predicted octanol–water partition coefficient (Wildman–Crippen LogP) is 0.440. The average Bonchev–Trinajstić information content (AvgIpc) is 2.03. The molecule has 0 bridgehead atoms. The minimum Gasteiger partial charge on any atom is -0.372 e. The molecule has 0 aliphatic carbocycles. The lowest BCUT2D eigenvalue weighted by atomic mass is 10.2. The Hall–Kier alpha value is -1.08. The number of carbonyl (C=O) groups is 1. The van der Waals surface area contributed by atoms with Gasteiger partial charge in [0.05, 0.1) is 12.5 Å². The van der Waals surface area contributed by atoms with Crippen molar-refractivity contribution in [2.45, 2.75) is 32.4 Å². The second kappa shape index (κ2) is 5.56. The van der Waals surface area contributed by atoms with Crippen LogP contribution in [0.2, 0.25) is 0 Å². The van der Waals surface area contributed by atoms with Crippen LogP contribution in [0.25, 0.3) is 0 Å². The van der Waals surface area contributed by atoms with Crippen LogP contribution < -0.4 is 5.32 Å². The lowest BCUT2D eigenvalue weighted by Gasteiger charge is -2.13. The maximum atomic E-state index is 11.1. The van der Waals surface area contributed by atoms with E-state index in [1.165, 1.54) is 7.11 Å². The summed E-state index contributed by atoms with van der Waals surface area (Å²) >= 11 is 0. The molecule has 0 saturated heterocycles. The summed E-state index contributed by atoms with van der Waals surface area (Å²) in [5.74, 6) is -0.180. The van der Waals surface area contributed by atoms with E-state index in [4.69, 9.17) is 10.00 Å². The van der Waals surface area contributed by atoms with Crippen molar-refractivity contribution in [3.05, 3.63) is 0 Å². The van der Waals surface area contributed by atoms with Crippen LogP contribution in [-0.2, 0) is 9.53 Å². The van der Waals surface area contributed by atoms with Crippen molar-refractivity contribution in [1.29, 1.82) is 5.26 Å². The van der Waals surface area contributed by atoms with Crippen molar-refractivity contribution in [3.8, 4) is 6.07 Å². The van der Waals surface area contributed by atoms with Crippen molar-refractivity contribution in [3.63, 3.8) is 0 Å². The molecule has 0 aromatic carbocycles. The van der Waals surface area contributed by atoms with E-state index < -0.39 is 6.10 Å². The van der Waals surface area contributed by atoms with Gasteiger partial charge in [-0.15, -0.1) is 0 Å². The third kappa shape index (κ3) is 3.94. The third-order valence-corrected chi connectivity index (χ3v) is 1.51. The zero-order valence-electron chi connectivity index (χ0n) is 7.63. The lowest BCUT2D eigenvalue weighted by molar-refractivity contribution is -0.130. The van der Waals surface area contributed by atoms with Crippen LogP contribution in [0.15, 0.2) is 0 Å². The molecule has 4 nitrogen and oxygen atoms in total.